The van der Waals surface area contributed by atoms with E-state index in [1.54, 1.807) is 12.1 Å². The molecule has 1 aromatic heterocycles. The molecule has 1 N–H and O–H groups in total. The van der Waals surface area contributed by atoms with E-state index in [0.29, 0.717) is 5.92 Å². The molecule has 19 heavy (non-hydrogen) atoms. The molecule has 2 rings (SSSR count). The summed E-state index contributed by atoms with van der Waals surface area (Å²) in [6.45, 7) is 9.37. The SMILES string of the molecule is CCNC(c1oc2ccc(F)cc2c1C)C(C)CC. The van der Waals surface area contributed by atoms with Crippen molar-refractivity contribution in [1.82, 2.24) is 5.32 Å². The zero-order valence-electron chi connectivity index (χ0n) is 12.1. The van der Waals surface area contributed by atoms with Crippen molar-refractivity contribution < 1.29 is 8.81 Å². The van der Waals surface area contributed by atoms with Gasteiger partial charge in [-0.15, -0.1) is 0 Å². The van der Waals surface area contributed by atoms with E-state index >= 15 is 0 Å². The highest BCUT2D eigenvalue weighted by Crippen LogP contribution is 2.34. The molecule has 2 nitrogen and oxygen atoms in total. The first-order valence-corrected chi connectivity index (χ1v) is 7.00. The third-order valence-corrected chi connectivity index (χ3v) is 3.85. The molecule has 0 fully saturated rings. The lowest BCUT2D eigenvalue weighted by molar-refractivity contribution is 0.329. The van der Waals surface area contributed by atoms with Gasteiger partial charge in [0.25, 0.3) is 0 Å². The number of rotatable bonds is 5. The average Bonchev–Trinajstić information content (AvgIpc) is 2.72. The number of halogens is 1. The maximum absolute atomic E-state index is 13.3. The molecule has 0 saturated heterocycles. The van der Waals surface area contributed by atoms with E-state index in [4.69, 9.17) is 4.42 Å². The number of aryl methyl sites for hydroxylation is 1. The molecule has 3 heteroatoms. The van der Waals surface area contributed by atoms with Gasteiger partial charge in [-0.25, -0.2) is 4.39 Å². The highest BCUT2D eigenvalue weighted by Gasteiger charge is 2.24. The van der Waals surface area contributed by atoms with Crippen molar-refractivity contribution in [3.05, 3.63) is 35.3 Å². The zero-order valence-corrected chi connectivity index (χ0v) is 12.1. The Balaban J connectivity index is 2.50. The van der Waals surface area contributed by atoms with Crippen LogP contribution in [0.2, 0.25) is 0 Å². The zero-order chi connectivity index (χ0) is 14.0. The second-order valence-electron chi connectivity index (χ2n) is 5.15. The lowest BCUT2D eigenvalue weighted by Gasteiger charge is -2.22. The van der Waals surface area contributed by atoms with Crippen LogP contribution in [0.25, 0.3) is 11.0 Å². The standard InChI is InChI=1S/C16H22FNO/c1-5-10(3)15(18-6-2)16-11(4)13-9-12(17)7-8-14(13)19-16/h7-10,15,18H,5-6H2,1-4H3. The van der Waals surface area contributed by atoms with Crippen molar-refractivity contribution in [3.8, 4) is 0 Å². The Morgan fingerprint density at radius 2 is 2.05 bits per heavy atom. The number of fused-ring (bicyclic) bond motifs is 1. The first kappa shape index (κ1) is 14.1. The summed E-state index contributed by atoms with van der Waals surface area (Å²) in [6, 6.07) is 4.89. The smallest absolute Gasteiger partial charge is 0.134 e. The minimum Gasteiger partial charge on any atom is -0.459 e. The predicted molar refractivity (Wildman–Crippen MR) is 76.8 cm³/mol. The molecule has 0 aliphatic rings. The van der Waals surface area contributed by atoms with Crippen LogP contribution in [0.1, 0.15) is 44.6 Å². The number of hydrogen-bond acceptors (Lipinski definition) is 2. The quantitative estimate of drug-likeness (QED) is 0.854. The maximum atomic E-state index is 13.3. The Bertz CT molecular complexity index is 561. The van der Waals surface area contributed by atoms with E-state index in [0.717, 1.165) is 35.3 Å². The molecule has 0 aliphatic carbocycles. The third kappa shape index (κ3) is 2.66. The highest BCUT2D eigenvalue weighted by molar-refractivity contribution is 5.82. The average molecular weight is 263 g/mol. The fourth-order valence-electron chi connectivity index (χ4n) is 2.52. The van der Waals surface area contributed by atoms with Gasteiger partial charge in [0, 0.05) is 10.9 Å². The van der Waals surface area contributed by atoms with Gasteiger partial charge in [-0.1, -0.05) is 27.2 Å². The molecule has 2 unspecified atom stereocenters. The van der Waals surface area contributed by atoms with E-state index in [9.17, 15) is 4.39 Å². The molecule has 1 heterocycles. The molecular weight excluding hydrogens is 241 g/mol. The summed E-state index contributed by atoms with van der Waals surface area (Å²) in [6.07, 6.45) is 1.07. The number of benzene rings is 1. The van der Waals surface area contributed by atoms with Crippen molar-refractivity contribution in [2.75, 3.05) is 6.54 Å². The summed E-state index contributed by atoms with van der Waals surface area (Å²) in [5.74, 6) is 1.20. The predicted octanol–water partition coefficient (Wildman–Crippen LogP) is 4.58. The Morgan fingerprint density at radius 3 is 2.68 bits per heavy atom. The van der Waals surface area contributed by atoms with E-state index in [1.807, 2.05) is 6.92 Å². The van der Waals surface area contributed by atoms with Gasteiger partial charge in [0.1, 0.15) is 17.2 Å². The maximum Gasteiger partial charge on any atom is 0.134 e. The second-order valence-corrected chi connectivity index (χ2v) is 5.15. The molecule has 0 bridgehead atoms. The van der Waals surface area contributed by atoms with Crippen molar-refractivity contribution in [2.45, 2.75) is 40.2 Å². The molecule has 104 valence electrons. The van der Waals surface area contributed by atoms with E-state index < -0.39 is 0 Å². The molecule has 0 aliphatic heterocycles. The molecule has 0 amide bonds. The summed E-state index contributed by atoms with van der Waals surface area (Å²) >= 11 is 0. The molecule has 2 atom stereocenters. The van der Waals surface area contributed by atoms with Crippen molar-refractivity contribution in [3.63, 3.8) is 0 Å². The normalized spacial score (nSPS) is 14.8. The fourth-order valence-corrected chi connectivity index (χ4v) is 2.52. The van der Waals surface area contributed by atoms with Gasteiger partial charge in [-0.2, -0.15) is 0 Å². The van der Waals surface area contributed by atoms with E-state index in [-0.39, 0.29) is 11.9 Å². The molecule has 0 saturated carbocycles. The lowest BCUT2D eigenvalue weighted by atomic mass is 9.94. The van der Waals surface area contributed by atoms with Gasteiger partial charge in [0.15, 0.2) is 0 Å². The summed E-state index contributed by atoms with van der Waals surface area (Å²) < 4.78 is 19.3. The minimum atomic E-state index is -0.216. The monoisotopic (exact) mass is 263 g/mol. The summed E-state index contributed by atoms with van der Waals surface area (Å²) in [4.78, 5) is 0. The van der Waals surface area contributed by atoms with Gasteiger partial charge in [0.2, 0.25) is 0 Å². The molecule has 1 aromatic carbocycles. The topological polar surface area (TPSA) is 25.2 Å². The van der Waals surface area contributed by atoms with Crippen LogP contribution in [0.4, 0.5) is 4.39 Å². The highest BCUT2D eigenvalue weighted by atomic mass is 19.1. The van der Waals surface area contributed by atoms with Crippen LogP contribution in [0.3, 0.4) is 0 Å². The van der Waals surface area contributed by atoms with Crippen molar-refractivity contribution in [2.24, 2.45) is 5.92 Å². The lowest BCUT2D eigenvalue weighted by Crippen LogP contribution is -2.26. The molecule has 0 spiro atoms. The van der Waals surface area contributed by atoms with Crippen LogP contribution in [0.5, 0.6) is 0 Å². The summed E-state index contributed by atoms with van der Waals surface area (Å²) in [7, 11) is 0. The van der Waals surface area contributed by atoms with Gasteiger partial charge in [0.05, 0.1) is 6.04 Å². The summed E-state index contributed by atoms with van der Waals surface area (Å²) in [5.41, 5.74) is 1.81. The van der Waals surface area contributed by atoms with E-state index in [1.165, 1.54) is 6.07 Å². The molecular formula is C16H22FNO. The van der Waals surface area contributed by atoms with E-state index in [2.05, 4.69) is 26.1 Å². The van der Waals surface area contributed by atoms with Gasteiger partial charge >= 0.3 is 0 Å². The van der Waals surface area contributed by atoms with Crippen LogP contribution in [0.15, 0.2) is 22.6 Å². The van der Waals surface area contributed by atoms with Crippen molar-refractivity contribution in [1.29, 1.82) is 0 Å². The Hall–Kier alpha value is -1.35. The first-order chi connectivity index (χ1) is 9.08. The second kappa shape index (κ2) is 5.74. The Kier molecular flexibility index (Phi) is 4.25. The summed E-state index contributed by atoms with van der Waals surface area (Å²) in [5, 5.41) is 4.35. The molecule has 2 aromatic rings. The van der Waals surface area contributed by atoms with Gasteiger partial charge < -0.3 is 9.73 Å². The number of hydrogen-bond donors (Lipinski definition) is 1. The molecule has 0 radical (unpaired) electrons. The van der Waals surface area contributed by atoms with Crippen molar-refractivity contribution >= 4 is 11.0 Å². The first-order valence-electron chi connectivity index (χ1n) is 7.00. The Labute approximate surface area is 114 Å². The van der Waals surface area contributed by atoms with Crippen LogP contribution in [0, 0.1) is 18.7 Å². The van der Waals surface area contributed by atoms with Crippen LogP contribution < -0.4 is 5.32 Å². The van der Waals surface area contributed by atoms with Gasteiger partial charge in [-0.3, -0.25) is 0 Å². The number of nitrogens with one attached hydrogen (secondary N) is 1. The largest absolute Gasteiger partial charge is 0.459 e. The fraction of sp³-hybridized carbons (Fsp3) is 0.500. The van der Waals surface area contributed by atoms with Gasteiger partial charge in [-0.05, 0) is 37.6 Å². The van der Waals surface area contributed by atoms with Crippen LogP contribution in [-0.2, 0) is 0 Å². The van der Waals surface area contributed by atoms with Crippen LogP contribution >= 0.6 is 0 Å². The Morgan fingerprint density at radius 1 is 1.32 bits per heavy atom. The number of furan rings is 1. The third-order valence-electron chi connectivity index (χ3n) is 3.85. The van der Waals surface area contributed by atoms with Crippen LogP contribution in [-0.4, -0.2) is 6.54 Å². The minimum absolute atomic E-state index is 0.186.